The molecule has 1 aliphatic heterocycles. The third-order valence-electron chi connectivity index (χ3n) is 4.16. The van der Waals surface area contributed by atoms with Gasteiger partial charge in [0.1, 0.15) is 6.10 Å². The maximum atomic E-state index is 12.7. The van der Waals surface area contributed by atoms with Crippen LogP contribution in [0.2, 0.25) is 5.02 Å². The van der Waals surface area contributed by atoms with Crippen LogP contribution in [0.4, 0.5) is 0 Å². The first-order valence-electron chi connectivity index (χ1n) is 7.79. The molecule has 25 heavy (non-hydrogen) atoms. The van der Waals surface area contributed by atoms with Gasteiger partial charge < -0.3 is 4.74 Å². The second-order valence-corrected chi connectivity index (χ2v) is 8.26. The van der Waals surface area contributed by atoms with E-state index in [1.807, 2.05) is 30.3 Å². The first-order chi connectivity index (χ1) is 12.0. The van der Waals surface area contributed by atoms with Gasteiger partial charge in [-0.3, -0.25) is 0 Å². The number of fused-ring (bicyclic) bond motifs is 1. The molecule has 0 aliphatic carbocycles. The van der Waals surface area contributed by atoms with Crippen molar-refractivity contribution in [3.8, 4) is 5.88 Å². The number of aromatic nitrogens is 1. The van der Waals surface area contributed by atoms with Crippen LogP contribution < -0.4 is 4.74 Å². The van der Waals surface area contributed by atoms with E-state index in [4.69, 9.17) is 16.3 Å². The van der Waals surface area contributed by atoms with E-state index in [9.17, 15) is 8.42 Å². The Balaban J connectivity index is 1.47. The first-order valence-corrected chi connectivity index (χ1v) is 9.61. The Hall–Kier alpha value is -2.15. The number of ether oxygens (including phenoxy) is 1. The molecule has 0 bridgehead atoms. The van der Waals surface area contributed by atoms with Crippen LogP contribution in [-0.2, 0) is 10.0 Å². The van der Waals surface area contributed by atoms with Crippen molar-refractivity contribution < 1.29 is 13.2 Å². The largest absolute Gasteiger partial charge is 0.472 e. The molecule has 0 amide bonds. The van der Waals surface area contributed by atoms with Crippen molar-refractivity contribution in [3.05, 3.63) is 65.8 Å². The highest BCUT2D eigenvalue weighted by Crippen LogP contribution is 2.26. The molecule has 2 aromatic carbocycles. The normalized spacial score (nSPS) is 15.9. The van der Waals surface area contributed by atoms with E-state index in [-0.39, 0.29) is 6.10 Å². The SMILES string of the molecule is O=S(=O)(c1ccc2ccccc2c1)N1CC(Oc2ccc(Cl)cn2)C1. The van der Waals surface area contributed by atoms with Crippen LogP contribution in [-0.4, -0.2) is 36.9 Å². The predicted molar refractivity (Wildman–Crippen MR) is 96.4 cm³/mol. The van der Waals surface area contributed by atoms with Crippen LogP contribution in [0.15, 0.2) is 65.7 Å². The van der Waals surface area contributed by atoms with Crippen LogP contribution in [0.3, 0.4) is 0 Å². The van der Waals surface area contributed by atoms with Gasteiger partial charge in [-0.25, -0.2) is 13.4 Å². The fraction of sp³-hybridized carbons (Fsp3) is 0.167. The van der Waals surface area contributed by atoms with E-state index >= 15 is 0 Å². The lowest BCUT2D eigenvalue weighted by Gasteiger charge is -2.37. The highest BCUT2D eigenvalue weighted by molar-refractivity contribution is 7.89. The molecule has 5 nitrogen and oxygen atoms in total. The first kappa shape index (κ1) is 16.3. The fourth-order valence-corrected chi connectivity index (χ4v) is 4.40. The number of benzene rings is 2. The third kappa shape index (κ3) is 3.20. The molecule has 0 spiro atoms. The quantitative estimate of drug-likeness (QED) is 0.702. The average molecular weight is 375 g/mol. The van der Waals surface area contributed by atoms with Gasteiger partial charge in [-0.05, 0) is 29.0 Å². The Labute approximate surface area is 150 Å². The fourth-order valence-electron chi connectivity index (χ4n) is 2.75. The van der Waals surface area contributed by atoms with Gasteiger partial charge in [0, 0.05) is 12.3 Å². The highest BCUT2D eigenvalue weighted by Gasteiger charge is 2.38. The molecule has 0 unspecified atom stereocenters. The molecule has 0 atom stereocenters. The van der Waals surface area contributed by atoms with Crippen molar-refractivity contribution >= 4 is 32.4 Å². The predicted octanol–water partition coefficient (Wildman–Crippen LogP) is 3.34. The Kier molecular flexibility index (Phi) is 4.11. The zero-order valence-corrected chi connectivity index (χ0v) is 14.7. The second-order valence-electron chi connectivity index (χ2n) is 5.89. The molecular formula is C18H15ClN2O3S. The summed E-state index contributed by atoms with van der Waals surface area (Å²) in [5.74, 6) is 0.442. The van der Waals surface area contributed by atoms with Crippen molar-refractivity contribution in [2.75, 3.05) is 13.1 Å². The molecular weight excluding hydrogens is 360 g/mol. The van der Waals surface area contributed by atoms with Crippen molar-refractivity contribution in [1.29, 1.82) is 0 Å². The van der Waals surface area contributed by atoms with Gasteiger partial charge in [-0.1, -0.05) is 41.9 Å². The minimum absolute atomic E-state index is 0.205. The zero-order chi connectivity index (χ0) is 17.4. The minimum atomic E-state index is -3.51. The maximum absolute atomic E-state index is 12.7. The van der Waals surface area contributed by atoms with Crippen LogP contribution in [0.5, 0.6) is 5.88 Å². The van der Waals surface area contributed by atoms with Gasteiger partial charge in [0.05, 0.1) is 23.0 Å². The summed E-state index contributed by atoms with van der Waals surface area (Å²) in [4.78, 5) is 4.36. The van der Waals surface area contributed by atoms with Gasteiger partial charge in [-0.15, -0.1) is 0 Å². The smallest absolute Gasteiger partial charge is 0.243 e. The van der Waals surface area contributed by atoms with Gasteiger partial charge in [0.2, 0.25) is 15.9 Å². The second kappa shape index (κ2) is 6.29. The summed E-state index contributed by atoms with van der Waals surface area (Å²) in [5.41, 5.74) is 0. The zero-order valence-electron chi connectivity index (χ0n) is 13.2. The summed E-state index contributed by atoms with van der Waals surface area (Å²) in [6, 6.07) is 16.2. The summed E-state index contributed by atoms with van der Waals surface area (Å²) in [6.45, 7) is 0.610. The topological polar surface area (TPSA) is 59.5 Å². The van der Waals surface area contributed by atoms with Crippen LogP contribution in [0, 0.1) is 0 Å². The molecule has 4 rings (SSSR count). The van der Waals surface area contributed by atoms with Crippen LogP contribution >= 0.6 is 11.6 Å². The number of pyridine rings is 1. The number of hydrogen-bond acceptors (Lipinski definition) is 4. The Morgan fingerprint density at radius 1 is 1.04 bits per heavy atom. The standard InChI is InChI=1S/C18H15ClN2O3S/c19-15-6-8-18(20-10-15)24-16-11-21(12-16)25(22,23)17-7-5-13-3-1-2-4-14(13)9-17/h1-10,16H,11-12H2. The molecule has 128 valence electrons. The minimum Gasteiger partial charge on any atom is -0.472 e. The highest BCUT2D eigenvalue weighted by atomic mass is 35.5. The lowest BCUT2D eigenvalue weighted by atomic mass is 10.1. The number of sulfonamides is 1. The summed E-state index contributed by atoms with van der Waals surface area (Å²) >= 11 is 5.78. The van der Waals surface area contributed by atoms with Crippen molar-refractivity contribution in [1.82, 2.24) is 9.29 Å². The van der Waals surface area contributed by atoms with E-state index < -0.39 is 10.0 Å². The molecule has 1 aromatic heterocycles. The van der Waals surface area contributed by atoms with E-state index in [2.05, 4.69) is 4.98 Å². The van der Waals surface area contributed by atoms with Crippen molar-refractivity contribution in [2.45, 2.75) is 11.0 Å². The summed E-state index contributed by atoms with van der Waals surface area (Å²) in [6.07, 6.45) is 1.29. The molecule has 3 aromatic rings. The van der Waals surface area contributed by atoms with E-state index in [0.717, 1.165) is 10.8 Å². The summed E-state index contributed by atoms with van der Waals surface area (Å²) < 4.78 is 32.6. The molecule has 7 heteroatoms. The maximum Gasteiger partial charge on any atom is 0.243 e. The number of hydrogen-bond donors (Lipinski definition) is 0. The Bertz CT molecular complexity index is 1020. The Morgan fingerprint density at radius 2 is 1.80 bits per heavy atom. The molecule has 1 saturated heterocycles. The van der Waals surface area contributed by atoms with Crippen LogP contribution in [0.25, 0.3) is 10.8 Å². The van der Waals surface area contributed by atoms with Crippen molar-refractivity contribution in [2.24, 2.45) is 0 Å². The molecule has 1 aliphatic rings. The van der Waals surface area contributed by atoms with E-state index in [0.29, 0.717) is 28.9 Å². The third-order valence-corrected chi connectivity index (χ3v) is 6.21. The van der Waals surface area contributed by atoms with E-state index in [1.165, 1.54) is 10.5 Å². The molecule has 0 N–H and O–H groups in total. The lowest BCUT2D eigenvalue weighted by molar-refractivity contribution is 0.0721. The van der Waals surface area contributed by atoms with Crippen molar-refractivity contribution in [3.63, 3.8) is 0 Å². The van der Waals surface area contributed by atoms with Gasteiger partial charge in [0.25, 0.3) is 0 Å². The van der Waals surface area contributed by atoms with Gasteiger partial charge in [-0.2, -0.15) is 4.31 Å². The lowest BCUT2D eigenvalue weighted by Crippen LogP contribution is -2.56. The van der Waals surface area contributed by atoms with Gasteiger partial charge in [0.15, 0.2) is 0 Å². The molecule has 0 saturated carbocycles. The molecule has 1 fully saturated rings. The monoisotopic (exact) mass is 374 g/mol. The Morgan fingerprint density at radius 3 is 2.52 bits per heavy atom. The van der Waals surface area contributed by atoms with Gasteiger partial charge >= 0.3 is 0 Å². The molecule has 0 radical (unpaired) electrons. The van der Waals surface area contributed by atoms with Crippen LogP contribution in [0.1, 0.15) is 0 Å². The average Bonchev–Trinajstić information content (AvgIpc) is 2.58. The number of nitrogens with zero attached hydrogens (tertiary/aromatic N) is 2. The van der Waals surface area contributed by atoms with E-state index in [1.54, 1.807) is 24.3 Å². The summed E-state index contributed by atoms with van der Waals surface area (Å²) in [5, 5.41) is 2.45. The number of halogens is 1. The number of rotatable bonds is 4. The molecule has 2 heterocycles. The summed E-state index contributed by atoms with van der Waals surface area (Å²) in [7, 11) is -3.51.